The Labute approximate surface area is 184 Å². The fourth-order valence-corrected chi connectivity index (χ4v) is 5.29. The van der Waals surface area contributed by atoms with Crippen LogP contribution in [0.3, 0.4) is 0 Å². The van der Waals surface area contributed by atoms with Crippen LogP contribution in [0.15, 0.2) is 47.4 Å². The van der Waals surface area contributed by atoms with Crippen LogP contribution < -0.4 is 19.5 Å². The summed E-state index contributed by atoms with van der Waals surface area (Å²) in [6.45, 7) is 1.87. The molecule has 0 saturated heterocycles. The van der Waals surface area contributed by atoms with Gasteiger partial charge in [0, 0.05) is 11.6 Å². The fourth-order valence-electron chi connectivity index (χ4n) is 3.79. The first-order valence-corrected chi connectivity index (χ1v) is 12.0. The molecule has 2 N–H and O–H groups in total. The Morgan fingerprint density at radius 1 is 1.00 bits per heavy atom. The van der Waals surface area contributed by atoms with Crippen molar-refractivity contribution >= 4 is 15.9 Å². The van der Waals surface area contributed by atoms with Gasteiger partial charge in [0.05, 0.1) is 20.3 Å². The minimum Gasteiger partial charge on any atom is -0.497 e. The van der Waals surface area contributed by atoms with E-state index in [2.05, 4.69) is 10.0 Å². The van der Waals surface area contributed by atoms with Gasteiger partial charge in [-0.25, -0.2) is 13.1 Å². The summed E-state index contributed by atoms with van der Waals surface area (Å²) >= 11 is 0. The zero-order valence-corrected chi connectivity index (χ0v) is 19.0. The predicted molar refractivity (Wildman–Crippen MR) is 119 cm³/mol. The van der Waals surface area contributed by atoms with Crippen LogP contribution in [0.4, 0.5) is 0 Å². The molecule has 2 aromatic rings. The van der Waals surface area contributed by atoms with Crippen LogP contribution >= 0.6 is 0 Å². The van der Waals surface area contributed by atoms with Crippen molar-refractivity contribution in [1.29, 1.82) is 0 Å². The number of carbonyl (C=O) groups excluding carboxylic acids is 1. The van der Waals surface area contributed by atoms with Crippen LogP contribution in [-0.4, -0.2) is 34.6 Å². The molecular formula is C23H30N2O5S. The number of amides is 1. The molecule has 31 heavy (non-hydrogen) atoms. The molecule has 0 spiro atoms. The highest BCUT2D eigenvalue weighted by molar-refractivity contribution is 7.89. The molecule has 0 heterocycles. The third-order valence-corrected chi connectivity index (χ3v) is 7.15. The molecule has 1 fully saturated rings. The monoisotopic (exact) mass is 446 g/mol. The zero-order chi connectivity index (χ0) is 22.4. The summed E-state index contributed by atoms with van der Waals surface area (Å²) in [6.07, 6.45) is 4.79. The maximum atomic E-state index is 13.0. The Hall–Kier alpha value is -2.58. The van der Waals surface area contributed by atoms with E-state index in [0.717, 1.165) is 43.4 Å². The van der Waals surface area contributed by atoms with Gasteiger partial charge in [0.15, 0.2) is 0 Å². The number of sulfonamides is 1. The van der Waals surface area contributed by atoms with Crippen LogP contribution in [0.2, 0.25) is 0 Å². The molecule has 0 unspecified atom stereocenters. The fraction of sp³-hybridized carbons (Fsp3) is 0.435. The van der Waals surface area contributed by atoms with Gasteiger partial charge in [-0.1, -0.05) is 31.4 Å². The lowest BCUT2D eigenvalue weighted by molar-refractivity contribution is 0.0939. The molecule has 2 aromatic carbocycles. The lowest BCUT2D eigenvalue weighted by atomic mass is 9.96. The zero-order valence-electron chi connectivity index (χ0n) is 18.2. The number of hydrogen-bond acceptors (Lipinski definition) is 5. The van der Waals surface area contributed by atoms with E-state index >= 15 is 0 Å². The van der Waals surface area contributed by atoms with Crippen LogP contribution in [0, 0.1) is 0 Å². The van der Waals surface area contributed by atoms with Gasteiger partial charge in [-0.3, -0.25) is 4.79 Å². The maximum absolute atomic E-state index is 13.0. The molecule has 1 atom stereocenters. The van der Waals surface area contributed by atoms with Crippen LogP contribution in [-0.2, 0) is 10.0 Å². The van der Waals surface area contributed by atoms with Gasteiger partial charge in [-0.15, -0.1) is 0 Å². The quantitative estimate of drug-likeness (QED) is 0.643. The van der Waals surface area contributed by atoms with E-state index < -0.39 is 10.0 Å². The number of carbonyl (C=O) groups is 1. The average molecular weight is 447 g/mol. The summed E-state index contributed by atoms with van der Waals surface area (Å²) in [7, 11) is -0.803. The summed E-state index contributed by atoms with van der Waals surface area (Å²) in [5, 5.41) is 2.91. The van der Waals surface area contributed by atoms with E-state index in [1.165, 1.54) is 19.2 Å². The second kappa shape index (κ2) is 10.2. The molecule has 1 amide bonds. The van der Waals surface area contributed by atoms with Crippen LogP contribution in [0.5, 0.6) is 11.5 Å². The first-order chi connectivity index (χ1) is 14.8. The van der Waals surface area contributed by atoms with Crippen molar-refractivity contribution in [3.8, 4) is 11.5 Å². The van der Waals surface area contributed by atoms with E-state index in [1.54, 1.807) is 13.2 Å². The van der Waals surface area contributed by atoms with Crippen molar-refractivity contribution in [2.45, 2.75) is 56.0 Å². The van der Waals surface area contributed by atoms with Crippen molar-refractivity contribution in [3.63, 3.8) is 0 Å². The summed E-state index contributed by atoms with van der Waals surface area (Å²) in [4.78, 5) is 12.8. The maximum Gasteiger partial charge on any atom is 0.251 e. The minimum atomic E-state index is -3.82. The van der Waals surface area contributed by atoms with E-state index in [4.69, 9.17) is 9.47 Å². The van der Waals surface area contributed by atoms with Crippen molar-refractivity contribution in [1.82, 2.24) is 10.0 Å². The minimum absolute atomic E-state index is 0.0228. The number of nitrogens with one attached hydrogen (secondary N) is 2. The molecule has 1 aliphatic rings. The second-order valence-electron chi connectivity index (χ2n) is 7.79. The summed E-state index contributed by atoms with van der Waals surface area (Å²) in [5.41, 5.74) is 1.17. The number of rotatable bonds is 8. The highest BCUT2D eigenvalue weighted by atomic mass is 32.2. The van der Waals surface area contributed by atoms with Gasteiger partial charge < -0.3 is 14.8 Å². The second-order valence-corrected chi connectivity index (χ2v) is 9.47. The molecule has 0 radical (unpaired) electrons. The lowest BCUT2D eigenvalue weighted by Crippen LogP contribution is -2.36. The molecule has 0 aliphatic heterocycles. The Morgan fingerprint density at radius 3 is 2.29 bits per heavy atom. The van der Waals surface area contributed by atoms with Crippen molar-refractivity contribution in [2.24, 2.45) is 0 Å². The van der Waals surface area contributed by atoms with Gasteiger partial charge in [-0.05, 0) is 55.7 Å². The molecule has 8 heteroatoms. The molecule has 0 aromatic heterocycles. The molecule has 3 rings (SSSR count). The Morgan fingerprint density at radius 2 is 1.68 bits per heavy atom. The molecule has 0 bridgehead atoms. The predicted octanol–water partition coefficient (Wildman–Crippen LogP) is 3.81. The normalized spacial score (nSPS) is 15.8. The van der Waals surface area contributed by atoms with Crippen LogP contribution in [0.1, 0.15) is 61.0 Å². The summed E-state index contributed by atoms with van der Waals surface area (Å²) in [6, 6.07) is 11.5. The van der Waals surface area contributed by atoms with E-state index in [-0.39, 0.29) is 34.2 Å². The highest BCUT2D eigenvalue weighted by Gasteiger charge is 2.26. The van der Waals surface area contributed by atoms with Gasteiger partial charge in [-0.2, -0.15) is 0 Å². The number of ether oxygens (including phenoxy) is 2. The third-order valence-electron chi connectivity index (χ3n) is 5.61. The third kappa shape index (κ3) is 5.77. The van der Waals surface area contributed by atoms with Crippen molar-refractivity contribution < 1.29 is 22.7 Å². The molecule has 1 saturated carbocycles. The average Bonchev–Trinajstić information content (AvgIpc) is 2.79. The topological polar surface area (TPSA) is 93.7 Å². The Kier molecular flexibility index (Phi) is 7.56. The van der Waals surface area contributed by atoms with Crippen molar-refractivity contribution in [2.75, 3.05) is 14.2 Å². The smallest absolute Gasteiger partial charge is 0.251 e. The largest absolute Gasteiger partial charge is 0.497 e. The van der Waals surface area contributed by atoms with Crippen molar-refractivity contribution in [3.05, 3.63) is 53.6 Å². The lowest BCUT2D eigenvalue weighted by Gasteiger charge is -2.23. The van der Waals surface area contributed by atoms with Gasteiger partial charge in [0.25, 0.3) is 5.91 Å². The standard InChI is InChI=1S/C23H30N2O5S/c1-16(17-9-12-20(29-2)13-10-17)24-23(26)18-11-14-21(30-3)22(15-18)31(27,28)25-19-7-5-4-6-8-19/h9-16,19,25H,4-8H2,1-3H3,(H,24,26)/t16-/m0/s1. The summed E-state index contributed by atoms with van der Waals surface area (Å²) in [5.74, 6) is 0.584. The van der Waals surface area contributed by atoms with E-state index in [1.807, 2.05) is 31.2 Å². The summed E-state index contributed by atoms with van der Waals surface area (Å²) < 4.78 is 39.3. The molecule has 168 valence electrons. The van der Waals surface area contributed by atoms with E-state index in [0.29, 0.717) is 0 Å². The SMILES string of the molecule is COc1ccc([C@H](C)NC(=O)c2ccc(OC)c(S(=O)(=O)NC3CCCCC3)c2)cc1. The number of methoxy groups -OCH3 is 2. The highest BCUT2D eigenvalue weighted by Crippen LogP contribution is 2.27. The molecule has 7 nitrogen and oxygen atoms in total. The molecule has 1 aliphatic carbocycles. The number of benzene rings is 2. The van der Waals surface area contributed by atoms with E-state index in [9.17, 15) is 13.2 Å². The van der Waals surface area contributed by atoms with Gasteiger partial charge in [0.2, 0.25) is 10.0 Å². The Bertz CT molecular complexity index is 999. The van der Waals surface area contributed by atoms with Gasteiger partial charge in [0.1, 0.15) is 16.4 Å². The first-order valence-electron chi connectivity index (χ1n) is 10.5. The number of hydrogen-bond donors (Lipinski definition) is 2. The first kappa shape index (κ1) is 23.1. The Balaban J connectivity index is 1.78. The van der Waals surface area contributed by atoms with Crippen LogP contribution in [0.25, 0.3) is 0 Å². The molecular weight excluding hydrogens is 416 g/mol. The van der Waals surface area contributed by atoms with Gasteiger partial charge >= 0.3 is 0 Å².